The molecule has 3 rings (SSSR count). The van der Waals surface area contributed by atoms with Crippen LogP contribution in [0.15, 0.2) is 23.1 Å². The Bertz CT molecular complexity index is 675. The molecule has 0 N–H and O–H groups in total. The van der Waals surface area contributed by atoms with Crippen LogP contribution in [0.3, 0.4) is 0 Å². The third-order valence-electron chi connectivity index (χ3n) is 4.68. The molecule has 0 unspecified atom stereocenters. The molecule has 2 fully saturated rings. The number of aryl methyl sites for hydroxylation is 1. The van der Waals surface area contributed by atoms with Crippen molar-refractivity contribution in [3.8, 4) is 5.75 Å². The molecule has 23 heavy (non-hydrogen) atoms. The Morgan fingerprint density at radius 3 is 2.74 bits per heavy atom. The molecular weight excluding hydrogens is 318 g/mol. The van der Waals surface area contributed by atoms with Crippen molar-refractivity contribution in [2.45, 2.75) is 42.9 Å². The van der Waals surface area contributed by atoms with Gasteiger partial charge < -0.3 is 14.2 Å². The van der Waals surface area contributed by atoms with Crippen LogP contribution in [0.25, 0.3) is 0 Å². The number of hydrogen-bond acceptors (Lipinski definition) is 5. The number of ether oxygens (including phenoxy) is 3. The fourth-order valence-electron chi connectivity index (χ4n) is 3.51. The largest absolute Gasteiger partial charge is 0.495 e. The summed E-state index contributed by atoms with van der Waals surface area (Å²) in [5.74, 6) is 0.384. The minimum Gasteiger partial charge on any atom is -0.495 e. The van der Waals surface area contributed by atoms with E-state index in [1.165, 1.54) is 7.11 Å². The van der Waals surface area contributed by atoms with Gasteiger partial charge in [0.15, 0.2) is 0 Å². The molecule has 0 aromatic heterocycles. The Kier molecular flexibility index (Phi) is 4.64. The van der Waals surface area contributed by atoms with E-state index in [0.717, 1.165) is 5.56 Å². The number of fused-ring (bicyclic) bond motifs is 1. The number of methoxy groups -OCH3 is 2. The molecule has 2 aliphatic heterocycles. The van der Waals surface area contributed by atoms with Crippen LogP contribution < -0.4 is 4.74 Å². The van der Waals surface area contributed by atoms with Gasteiger partial charge in [0, 0.05) is 20.3 Å². The first-order chi connectivity index (χ1) is 11.0. The molecule has 6 nitrogen and oxygen atoms in total. The fraction of sp³-hybridized carbons (Fsp3) is 0.625. The summed E-state index contributed by atoms with van der Waals surface area (Å²) in [6.45, 7) is 2.90. The maximum Gasteiger partial charge on any atom is 0.247 e. The van der Waals surface area contributed by atoms with E-state index in [0.29, 0.717) is 31.7 Å². The summed E-state index contributed by atoms with van der Waals surface area (Å²) >= 11 is 0. The van der Waals surface area contributed by atoms with Gasteiger partial charge in [-0.25, -0.2) is 8.42 Å². The molecule has 2 aliphatic rings. The molecule has 128 valence electrons. The average Bonchev–Trinajstić information content (AvgIpc) is 3.02. The van der Waals surface area contributed by atoms with Gasteiger partial charge >= 0.3 is 0 Å². The van der Waals surface area contributed by atoms with E-state index in [1.807, 2.05) is 6.92 Å². The van der Waals surface area contributed by atoms with E-state index in [9.17, 15) is 8.42 Å². The van der Waals surface area contributed by atoms with E-state index in [4.69, 9.17) is 14.2 Å². The monoisotopic (exact) mass is 341 g/mol. The highest BCUT2D eigenvalue weighted by atomic mass is 32.2. The molecule has 1 aromatic rings. The summed E-state index contributed by atoms with van der Waals surface area (Å²) in [4.78, 5) is 0.215. The van der Waals surface area contributed by atoms with Crippen LogP contribution in [0, 0.1) is 6.92 Å². The van der Waals surface area contributed by atoms with Crippen molar-refractivity contribution < 1.29 is 22.6 Å². The first-order valence-corrected chi connectivity index (χ1v) is 9.24. The average molecular weight is 341 g/mol. The molecule has 0 amide bonds. The molecule has 0 bridgehead atoms. The van der Waals surface area contributed by atoms with Crippen LogP contribution in [-0.2, 0) is 19.5 Å². The standard InChI is InChI=1S/C16H23NO5S/c1-11-4-5-15(14(10-11)21-3)23(18,19)17-8-6-13(20-2)16-12(17)7-9-22-16/h4-5,10,12-13,16H,6-9H2,1-3H3/t12-,13-,16-/m1/s1. The Morgan fingerprint density at radius 1 is 1.26 bits per heavy atom. The quantitative estimate of drug-likeness (QED) is 0.832. The highest BCUT2D eigenvalue weighted by Crippen LogP contribution is 2.36. The normalized spacial score (nSPS) is 28.6. The van der Waals surface area contributed by atoms with Crippen LogP contribution in [0.1, 0.15) is 18.4 Å². The molecule has 7 heteroatoms. The lowest BCUT2D eigenvalue weighted by Gasteiger charge is -2.39. The smallest absolute Gasteiger partial charge is 0.247 e. The third kappa shape index (κ3) is 2.87. The molecule has 0 aliphatic carbocycles. The fourth-order valence-corrected chi connectivity index (χ4v) is 5.33. The second kappa shape index (κ2) is 6.39. The summed E-state index contributed by atoms with van der Waals surface area (Å²) in [5, 5.41) is 0. The summed E-state index contributed by atoms with van der Waals surface area (Å²) < 4.78 is 44.4. The molecule has 0 radical (unpaired) electrons. The highest BCUT2D eigenvalue weighted by Gasteiger charge is 2.47. The van der Waals surface area contributed by atoms with Crippen LogP contribution in [0.5, 0.6) is 5.75 Å². The zero-order valence-corrected chi connectivity index (χ0v) is 14.5. The lowest BCUT2D eigenvalue weighted by Crippen LogP contribution is -2.54. The van der Waals surface area contributed by atoms with Crippen LogP contribution in [0.4, 0.5) is 0 Å². The second-order valence-electron chi connectivity index (χ2n) is 6.02. The zero-order chi connectivity index (χ0) is 16.6. The summed E-state index contributed by atoms with van der Waals surface area (Å²) in [6.07, 6.45) is 1.08. The SMILES string of the molecule is COc1cc(C)ccc1S(=O)(=O)N1CC[C@@H](OC)[C@@H]2OCC[C@H]21. The van der Waals surface area contributed by atoms with Crippen molar-refractivity contribution in [3.05, 3.63) is 23.8 Å². The van der Waals surface area contributed by atoms with Crippen LogP contribution in [-0.4, -0.2) is 58.3 Å². The molecule has 2 saturated heterocycles. The highest BCUT2D eigenvalue weighted by molar-refractivity contribution is 7.89. The summed E-state index contributed by atoms with van der Waals surface area (Å²) in [6, 6.07) is 4.98. The Labute approximate surface area is 137 Å². The second-order valence-corrected chi connectivity index (χ2v) is 7.88. The predicted octanol–water partition coefficient (Wildman–Crippen LogP) is 1.57. The number of piperidine rings is 1. The van der Waals surface area contributed by atoms with Gasteiger partial charge in [0.2, 0.25) is 10.0 Å². The third-order valence-corrected chi connectivity index (χ3v) is 6.65. The number of rotatable bonds is 4. The summed E-state index contributed by atoms with van der Waals surface area (Å²) in [7, 11) is -0.493. The number of benzene rings is 1. The van der Waals surface area contributed by atoms with E-state index in [2.05, 4.69) is 0 Å². The summed E-state index contributed by atoms with van der Waals surface area (Å²) in [5.41, 5.74) is 0.959. The number of nitrogens with zero attached hydrogens (tertiary/aromatic N) is 1. The molecule has 3 atom stereocenters. The Balaban J connectivity index is 1.97. The Morgan fingerprint density at radius 2 is 2.04 bits per heavy atom. The van der Waals surface area contributed by atoms with Gasteiger partial charge in [-0.1, -0.05) is 6.07 Å². The van der Waals surface area contributed by atoms with Crippen molar-refractivity contribution in [1.29, 1.82) is 0 Å². The lowest BCUT2D eigenvalue weighted by molar-refractivity contribution is -0.0668. The van der Waals surface area contributed by atoms with Crippen LogP contribution >= 0.6 is 0 Å². The van der Waals surface area contributed by atoms with E-state index in [-0.39, 0.29) is 23.1 Å². The maximum atomic E-state index is 13.2. The van der Waals surface area contributed by atoms with E-state index >= 15 is 0 Å². The first kappa shape index (κ1) is 16.7. The van der Waals surface area contributed by atoms with Gasteiger partial charge in [0.1, 0.15) is 16.7 Å². The molecule has 2 heterocycles. The van der Waals surface area contributed by atoms with Crippen molar-refractivity contribution >= 4 is 10.0 Å². The topological polar surface area (TPSA) is 65.1 Å². The lowest BCUT2D eigenvalue weighted by atomic mass is 9.98. The van der Waals surface area contributed by atoms with Gasteiger partial charge in [-0.15, -0.1) is 0 Å². The molecule has 0 saturated carbocycles. The van der Waals surface area contributed by atoms with Gasteiger partial charge in [-0.2, -0.15) is 4.31 Å². The van der Waals surface area contributed by atoms with Crippen molar-refractivity contribution in [2.75, 3.05) is 27.4 Å². The minimum absolute atomic E-state index is 0.0473. The van der Waals surface area contributed by atoms with Gasteiger partial charge in [0.25, 0.3) is 0 Å². The number of hydrogen-bond donors (Lipinski definition) is 0. The predicted molar refractivity (Wildman–Crippen MR) is 85.2 cm³/mol. The number of sulfonamides is 1. The van der Waals surface area contributed by atoms with Gasteiger partial charge in [-0.3, -0.25) is 0 Å². The Hall–Kier alpha value is -1.15. The van der Waals surface area contributed by atoms with Crippen molar-refractivity contribution in [1.82, 2.24) is 4.31 Å². The molecule has 1 aromatic carbocycles. The zero-order valence-electron chi connectivity index (χ0n) is 13.7. The molecule has 0 spiro atoms. The van der Waals surface area contributed by atoms with Gasteiger partial charge in [-0.05, 0) is 37.5 Å². The van der Waals surface area contributed by atoms with E-state index in [1.54, 1.807) is 29.6 Å². The minimum atomic E-state index is -3.63. The van der Waals surface area contributed by atoms with Gasteiger partial charge in [0.05, 0.1) is 19.3 Å². The molecular formula is C16H23NO5S. The van der Waals surface area contributed by atoms with E-state index < -0.39 is 10.0 Å². The van der Waals surface area contributed by atoms with Crippen molar-refractivity contribution in [3.63, 3.8) is 0 Å². The maximum absolute atomic E-state index is 13.2. The first-order valence-electron chi connectivity index (χ1n) is 7.80. The van der Waals surface area contributed by atoms with Crippen LogP contribution in [0.2, 0.25) is 0 Å². The van der Waals surface area contributed by atoms with Crippen molar-refractivity contribution in [2.24, 2.45) is 0 Å².